The van der Waals surface area contributed by atoms with Gasteiger partial charge in [0.1, 0.15) is 11.6 Å². The second kappa shape index (κ2) is 11.4. The van der Waals surface area contributed by atoms with Crippen molar-refractivity contribution in [2.75, 3.05) is 31.2 Å². The number of nitrogens with one attached hydrogen (secondary N) is 1. The molecule has 1 fully saturated rings. The number of ether oxygens (including phenoxy) is 1. The largest absolute Gasteiger partial charge is 0.493 e. The van der Waals surface area contributed by atoms with E-state index in [2.05, 4.69) is 27.3 Å². The zero-order valence-corrected chi connectivity index (χ0v) is 19.9. The summed E-state index contributed by atoms with van der Waals surface area (Å²) < 4.78 is 25.4. The molecular formula is C24H35FN4O4. The summed E-state index contributed by atoms with van der Waals surface area (Å²) in [4.78, 5) is 18.7. The molecule has 1 unspecified atom stereocenters. The minimum absolute atomic E-state index is 0.0649. The zero-order valence-electron chi connectivity index (χ0n) is 19.9. The van der Waals surface area contributed by atoms with Crippen LogP contribution in [0.25, 0.3) is 0 Å². The van der Waals surface area contributed by atoms with Gasteiger partial charge < -0.3 is 24.6 Å². The molecule has 0 radical (unpaired) electrons. The van der Waals surface area contributed by atoms with Gasteiger partial charge in [-0.2, -0.15) is 4.98 Å². The van der Waals surface area contributed by atoms with E-state index >= 15 is 0 Å². The summed E-state index contributed by atoms with van der Waals surface area (Å²) in [6, 6.07) is 3.80. The van der Waals surface area contributed by atoms with Gasteiger partial charge in [0.05, 0.1) is 18.8 Å². The van der Waals surface area contributed by atoms with Crippen molar-refractivity contribution in [3.63, 3.8) is 0 Å². The van der Waals surface area contributed by atoms with E-state index in [0.717, 1.165) is 32.4 Å². The smallest absolute Gasteiger partial charge is 0.266 e. The van der Waals surface area contributed by atoms with Crippen LogP contribution < -0.4 is 15.0 Å². The second-order valence-corrected chi connectivity index (χ2v) is 9.22. The summed E-state index contributed by atoms with van der Waals surface area (Å²) in [6.45, 7) is 10.0. The SMILES string of the molecule is CC(C)c1nc(N2CCC(C(C)CCOc3ccc(C(=O)N[C@H](C)CO)c(F)c3)CC2)no1. The highest BCUT2D eigenvalue weighted by molar-refractivity contribution is 5.94. The fourth-order valence-corrected chi connectivity index (χ4v) is 3.97. The van der Waals surface area contributed by atoms with E-state index in [-0.39, 0.29) is 18.1 Å². The van der Waals surface area contributed by atoms with Crippen LogP contribution in [0.2, 0.25) is 0 Å². The van der Waals surface area contributed by atoms with Crippen LogP contribution in [0.15, 0.2) is 22.7 Å². The van der Waals surface area contributed by atoms with Crippen molar-refractivity contribution >= 4 is 11.9 Å². The monoisotopic (exact) mass is 462 g/mol. The van der Waals surface area contributed by atoms with Gasteiger partial charge in [-0.15, -0.1) is 0 Å². The first-order valence-corrected chi connectivity index (χ1v) is 11.7. The third-order valence-corrected chi connectivity index (χ3v) is 6.23. The summed E-state index contributed by atoms with van der Waals surface area (Å²) in [5, 5.41) is 15.7. The number of piperidine rings is 1. The van der Waals surface area contributed by atoms with Crippen molar-refractivity contribution < 1.29 is 23.6 Å². The molecule has 2 aromatic rings. The number of nitrogens with zero attached hydrogens (tertiary/aromatic N) is 3. The molecule has 1 amide bonds. The van der Waals surface area contributed by atoms with Gasteiger partial charge >= 0.3 is 0 Å². The lowest BCUT2D eigenvalue weighted by Crippen LogP contribution is -2.36. The number of aliphatic hydroxyl groups excluding tert-OH is 1. The van der Waals surface area contributed by atoms with E-state index in [9.17, 15) is 9.18 Å². The highest BCUT2D eigenvalue weighted by Crippen LogP contribution is 2.29. The maximum Gasteiger partial charge on any atom is 0.266 e. The number of rotatable bonds is 10. The van der Waals surface area contributed by atoms with Crippen LogP contribution in [0.3, 0.4) is 0 Å². The van der Waals surface area contributed by atoms with E-state index in [1.54, 1.807) is 13.0 Å². The number of amides is 1. The number of carbonyl (C=O) groups excluding carboxylic acids is 1. The number of hydrogen-bond donors (Lipinski definition) is 2. The Hall–Kier alpha value is -2.68. The van der Waals surface area contributed by atoms with Crippen LogP contribution in [-0.4, -0.2) is 53.5 Å². The summed E-state index contributed by atoms with van der Waals surface area (Å²) >= 11 is 0. The molecule has 1 aromatic carbocycles. The lowest BCUT2D eigenvalue weighted by Gasteiger charge is -2.34. The molecule has 0 bridgehead atoms. The molecule has 0 spiro atoms. The zero-order chi connectivity index (χ0) is 24.0. The van der Waals surface area contributed by atoms with Gasteiger partial charge in [-0.25, -0.2) is 4.39 Å². The van der Waals surface area contributed by atoms with E-state index < -0.39 is 17.8 Å². The lowest BCUT2D eigenvalue weighted by atomic mass is 9.84. The Labute approximate surface area is 194 Å². The first-order valence-electron chi connectivity index (χ1n) is 11.7. The molecule has 0 saturated carbocycles. The highest BCUT2D eigenvalue weighted by atomic mass is 19.1. The maximum absolute atomic E-state index is 14.3. The molecule has 2 N–H and O–H groups in total. The predicted octanol–water partition coefficient (Wildman–Crippen LogP) is 3.76. The Bertz CT molecular complexity index is 912. The molecular weight excluding hydrogens is 427 g/mol. The van der Waals surface area contributed by atoms with Crippen LogP contribution in [-0.2, 0) is 0 Å². The van der Waals surface area contributed by atoms with Gasteiger partial charge in [0.25, 0.3) is 11.9 Å². The van der Waals surface area contributed by atoms with Crippen molar-refractivity contribution in [3.05, 3.63) is 35.5 Å². The third kappa shape index (κ3) is 6.66. The van der Waals surface area contributed by atoms with E-state index in [1.807, 2.05) is 13.8 Å². The summed E-state index contributed by atoms with van der Waals surface area (Å²) in [7, 11) is 0. The number of benzene rings is 1. The van der Waals surface area contributed by atoms with Crippen LogP contribution in [0.1, 0.15) is 69.1 Å². The molecule has 1 aliphatic heterocycles. The minimum atomic E-state index is -0.641. The molecule has 0 aliphatic carbocycles. The quantitative estimate of drug-likeness (QED) is 0.554. The second-order valence-electron chi connectivity index (χ2n) is 9.22. The van der Waals surface area contributed by atoms with Crippen molar-refractivity contribution in [2.45, 2.75) is 58.9 Å². The van der Waals surface area contributed by atoms with Crippen molar-refractivity contribution in [1.82, 2.24) is 15.5 Å². The molecule has 1 saturated heterocycles. The normalized spacial score (nSPS) is 16.6. The standard InChI is InChI=1S/C24H35FN4O4/c1-15(2)23-27-24(28-33-23)29-10-7-18(8-11-29)16(3)9-12-32-19-5-6-20(21(25)13-19)22(31)26-17(4)14-30/h5-6,13,15-18,30H,7-12,14H2,1-4H3,(H,26,31)/t16?,17-/m1/s1. The number of aliphatic hydroxyl groups is 1. The van der Waals surface area contributed by atoms with Gasteiger partial charge in [0.15, 0.2) is 0 Å². The Morgan fingerprint density at radius 3 is 2.64 bits per heavy atom. The summed E-state index contributed by atoms with van der Waals surface area (Å²) in [6.07, 6.45) is 2.97. The first-order chi connectivity index (χ1) is 15.8. The number of aromatic nitrogens is 2. The van der Waals surface area contributed by atoms with Crippen molar-refractivity contribution in [2.24, 2.45) is 11.8 Å². The van der Waals surface area contributed by atoms with Crippen LogP contribution in [0.4, 0.5) is 10.3 Å². The number of carbonyl (C=O) groups is 1. The Balaban J connectivity index is 1.42. The molecule has 9 heteroatoms. The fraction of sp³-hybridized carbons (Fsp3) is 0.625. The predicted molar refractivity (Wildman–Crippen MR) is 123 cm³/mol. The minimum Gasteiger partial charge on any atom is -0.493 e. The van der Waals surface area contributed by atoms with E-state index in [0.29, 0.717) is 36.0 Å². The topological polar surface area (TPSA) is 101 Å². The van der Waals surface area contributed by atoms with Gasteiger partial charge in [0, 0.05) is 31.1 Å². The van der Waals surface area contributed by atoms with Crippen LogP contribution in [0.5, 0.6) is 5.75 Å². The van der Waals surface area contributed by atoms with E-state index in [4.69, 9.17) is 14.4 Å². The fourth-order valence-electron chi connectivity index (χ4n) is 3.97. The first kappa shape index (κ1) is 25.0. The van der Waals surface area contributed by atoms with Gasteiger partial charge in [-0.05, 0) is 55.3 Å². The summed E-state index contributed by atoms with van der Waals surface area (Å²) in [5.41, 5.74) is -0.0649. The number of anilines is 1. The van der Waals surface area contributed by atoms with Crippen molar-refractivity contribution in [1.29, 1.82) is 0 Å². The van der Waals surface area contributed by atoms with Gasteiger partial charge in [-0.3, -0.25) is 4.79 Å². The Kier molecular flexibility index (Phi) is 8.66. The molecule has 8 nitrogen and oxygen atoms in total. The number of hydrogen-bond acceptors (Lipinski definition) is 7. The average molecular weight is 463 g/mol. The maximum atomic E-state index is 14.3. The Morgan fingerprint density at radius 2 is 2.03 bits per heavy atom. The molecule has 2 atom stereocenters. The summed E-state index contributed by atoms with van der Waals surface area (Å²) in [5.74, 6) is 1.83. The molecule has 182 valence electrons. The highest BCUT2D eigenvalue weighted by Gasteiger charge is 2.26. The van der Waals surface area contributed by atoms with Crippen LogP contribution in [0, 0.1) is 17.7 Å². The average Bonchev–Trinajstić information content (AvgIpc) is 3.30. The van der Waals surface area contributed by atoms with E-state index in [1.165, 1.54) is 12.1 Å². The van der Waals surface area contributed by atoms with Gasteiger partial charge in [-0.1, -0.05) is 20.8 Å². The van der Waals surface area contributed by atoms with Crippen LogP contribution >= 0.6 is 0 Å². The third-order valence-electron chi connectivity index (χ3n) is 6.23. The lowest BCUT2D eigenvalue weighted by molar-refractivity contribution is 0.0918. The molecule has 1 aliphatic rings. The number of halogens is 1. The van der Waals surface area contributed by atoms with Gasteiger partial charge in [0.2, 0.25) is 5.89 Å². The Morgan fingerprint density at radius 1 is 1.30 bits per heavy atom. The van der Waals surface area contributed by atoms with Crippen molar-refractivity contribution in [3.8, 4) is 5.75 Å². The molecule has 2 heterocycles. The molecule has 1 aromatic heterocycles. The molecule has 33 heavy (non-hydrogen) atoms. The molecule has 3 rings (SSSR count).